The molecule has 0 aliphatic carbocycles. The largest absolute Gasteiger partial charge is 0.395 e. The number of aliphatic hydroxyl groups excluding tert-OH is 1. The Balaban J connectivity index is 1.85. The molecule has 19 heavy (non-hydrogen) atoms. The third-order valence-electron chi connectivity index (χ3n) is 3.68. The molecular weight excluding hydrogens is 260 g/mol. The fraction of sp³-hybridized carbons (Fsp3) is 0.643. The molecule has 5 heteroatoms. The predicted molar refractivity (Wildman–Crippen MR) is 77.2 cm³/mol. The zero-order chi connectivity index (χ0) is 13.8. The maximum absolute atomic E-state index is 12.2. The summed E-state index contributed by atoms with van der Waals surface area (Å²) >= 11 is 1.78. The fourth-order valence-corrected chi connectivity index (χ4v) is 3.19. The van der Waals surface area contributed by atoms with Crippen molar-refractivity contribution in [2.75, 3.05) is 19.7 Å². The second kappa shape index (κ2) is 6.50. The van der Waals surface area contributed by atoms with E-state index in [0.717, 1.165) is 19.5 Å². The molecule has 1 aliphatic heterocycles. The second-order valence-electron chi connectivity index (χ2n) is 5.35. The lowest BCUT2D eigenvalue weighted by molar-refractivity contribution is -0.131. The van der Waals surface area contributed by atoms with Gasteiger partial charge in [-0.2, -0.15) is 0 Å². The molecule has 0 radical (unpaired) electrons. The Bertz CT molecular complexity index is 431. The molecule has 1 atom stereocenters. The molecule has 0 aromatic carbocycles. The molecule has 0 fully saturated rings. The fourth-order valence-electron chi connectivity index (χ4n) is 2.30. The van der Waals surface area contributed by atoms with Crippen LogP contribution in [-0.2, 0) is 17.8 Å². The SMILES string of the molecule is CC(C)C(CO)NCC(=O)N1CCc2sccc2C1. The smallest absolute Gasteiger partial charge is 0.236 e. The summed E-state index contributed by atoms with van der Waals surface area (Å²) in [5.74, 6) is 0.443. The van der Waals surface area contributed by atoms with Gasteiger partial charge in [-0.15, -0.1) is 11.3 Å². The van der Waals surface area contributed by atoms with E-state index in [-0.39, 0.29) is 18.6 Å². The van der Waals surface area contributed by atoms with Crippen molar-refractivity contribution in [3.05, 3.63) is 21.9 Å². The number of hydrogen-bond donors (Lipinski definition) is 2. The second-order valence-corrected chi connectivity index (χ2v) is 6.35. The number of nitrogens with one attached hydrogen (secondary N) is 1. The van der Waals surface area contributed by atoms with Crippen LogP contribution in [0.4, 0.5) is 0 Å². The average molecular weight is 282 g/mol. The van der Waals surface area contributed by atoms with Crippen LogP contribution in [0.2, 0.25) is 0 Å². The molecule has 2 rings (SSSR count). The van der Waals surface area contributed by atoms with E-state index in [1.807, 2.05) is 18.7 Å². The van der Waals surface area contributed by atoms with Gasteiger partial charge in [0.05, 0.1) is 13.2 Å². The van der Waals surface area contributed by atoms with Gasteiger partial charge in [-0.3, -0.25) is 4.79 Å². The van der Waals surface area contributed by atoms with E-state index in [4.69, 9.17) is 0 Å². The highest BCUT2D eigenvalue weighted by molar-refractivity contribution is 7.10. The van der Waals surface area contributed by atoms with Crippen LogP contribution in [0.25, 0.3) is 0 Å². The van der Waals surface area contributed by atoms with Crippen LogP contribution in [0.1, 0.15) is 24.3 Å². The van der Waals surface area contributed by atoms with Gasteiger partial charge < -0.3 is 15.3 Å². The lowest BCUT2D eigenvalue weighted by Gasteiger charge is -2.28. The summed E-state index contributed by atoms with van der Waals surface area (Å²) in [6.07, 6.45) is 0.965. The standard InChI is InChI=1S/C14H22N2O2S/c1-10(2)12(9-17)15-7-14(18)16-5-3-13-11(8-16)4-6-19-13/h4,6,10,12,15,17H,3,5,7-9H2,1-2H3. The number of carbonyl (C=O) groups is 1. The van der Waals surface area contributed by atoms with Crippen molar-refractivity contribution >= 4 is 17.2 Å². The number of amides is 1. The third kappa shape index (κ3) is 3.55. The van der Waals surface area contributed by atoms with Gasteiger partial charge in [-0.05, 0) is 29.3 Å². The maximum Gasteiger partial charge on any atom is 0.236 e. The van der Waals surface area contributed by atoms with Crippen LogP contribution in [-0.4, -0.2) is 41.7 Å². The zero-order valence-electron chi connectivity index (χ0n) is 11.6. The highest BCUT2D eigenvalue weighted by Crippen LogP contribution is 2.23. The van der Waals surface area contributed by atoms with Crippen LogP contribution in [0.15, 0.2) is 11.4 Å². The summed E-state index contributed by atoms with van der Waals surface area (Å²) in [5, 5.41) is 14.5. The summed E-state index contributed by atoms with van der Waals surface area (Å²) in [6, 6.07) is 2.10. The van der Waals surface area contributed by atoms with Crippen LogP contribution >= 0.6 is 11.3 Å². The minimum atomic E-state index is -0.00884. The number of nitrogens with zero attached hydrogens (tertiary/aromatic N) is 1. The van der Waals surface area contributed by atoms with E-state index in [9.17, 15) is 9.90 Å². The molecule has 4 nitrogen and oxygen atoms in total. The molecule has 1 amide bonds. The van der Waals surface area contributed by atoms with E-state index in [1.165, 1.54) is 10.4 Å². The number of fused-ring (bicyclic) bond motifs is 1. The number of aliphatic hydroxyl groups is 1. The van der Waals surface area contributed by atoms with E-state index in [2.05, 4.69) is 16.8 Å². The first-order valence-electron chi connectivity index (χ1n) is 6.79. The Labute approximate surface area is 118 Å². The van der Waals surface area contributed by atoms with E-state index >= 15 is 0 Å². The van der Waals surface area contributed by atoms with Crippen molar-refractivity contribution in [3.8, 4) is 0 Å². The van der Waals surface area contributed by atoms with Crippen LogP contribution in [0.3, 0.4) is 0 Å². The number of hydrogen-bond acceptors (Lipinski definition) is 4. The Hall–Kier alpha value is -0.910. The molecular formula is C14H22N2O2S. The van der Waals surface area contributed by atoms with Gasteiger partial charge in [0.2, 0.25) is 5.91 Å². The van der Waals surface area contributed by atoms with Gasteiger partial charge in [0.1, 0.15) is 0 Å². The van der Waals surface area contributed by atoms with Gasteiger partial charge in [0.25, 0.3) is 0 Å². The Morgan fingerprint density at radius 3 is 3.05 bits per heavy atom. The summed E-state index contributed by atoms with van der Waals surface area (Å²) in [4.78, 5) is 15.5. The molecule has 1 aromatic rings. The van der Waals surface area contributed by atoms with Crippen LogP contribution in [0, 0.1) is 5.92 Å². The van der Waals surface area contributed by atoms with Crippen LogP contribution in [0.5, 0.6) is 0 Å². The average Bonchev–Trinajstić information content (AvgIpc) is 2.85. The van der Waals surface area contributed by atoms with Gasteiger partial charge >= 0.3 is 0 Å². The normalized spacial score (nSPS) is 16.5. The highest BCUT2D eigenvalue weighted by atomic mass is 32.1. The summed E-state index contributed by atoms with van der Waals surface area (Å²) < 4.78 is 0. The molecule has 2 heterocycles. The van der Waals surface area contributed by atoms with E-state index < -0.39 is 0 Å². The zero-order valence-corrected chi connectivity index (χ0v) is 12.4. The number of carbonyl (C=O) groups excluding carboxylic acids is 1. The summed E-state index contributed by atoms with van der Waals surface area (Å²) in [5.41, 5.74) is 1.28. The lowest BCUT2D eigenvalue weighted by atomic mass is 10.1. The van der Waals surface area contributed by atoms with E-state index in [0.29, 0.717) is 12.5 Å². The third-order valence-corrected chi connectivity index (χ3v) is 4.70. The Morgan fingerprint density at radius 1 is 1.58 bits per heavy atom. The minimum Gasteiger partial charge on any atom is -0.395 e. The van der Waals surface area contributed by atoms with Crippen molar-refractivity contribution in [3.63, 3.8) is 0 Å². The molecule has 1 unspecified atom stereocenters. The first kappa shape index (κ1) is 14.5. The van der Waals surface area contributed by atoms with Gasteiger partial charge in [-0.1, -0.05) is 13.8 Å². The number of rotatable bonds is 5. The molecule has 2 N–H and O–H groups in total. The van der Waals surface area contributed by atoms with Crippen molar-refractivity contribution in [2.45, 2.75) is 32.9 Å². The number of thiophene rings is 1. The van der Waals surface area contributed by atoms with E-state index in [1.54, 1.807) is 11.3 Å². The summed E-state index contributed by atoms with van der Waals surface area (Å²) in [6.45, 7) is 5.99. The van der Waals surface area contributed by atoms with Crippen molar-refractivity contribution in [1.82, 2.24) is 10.2 Å². The monoisotopic (exact) mass is 282 g/mol. The van der Waals surface area contributed by atoms with Crippen molar-refractivity contribution in [2.24, 2.45) is 5.92 Å². The maximum atomic E-state index is 12.2. The van der Waals surface area contributed by atoms with Crippen LogP contribution < -0.4 is 5.32 Å². The predicted octanol–water partition coefficient (Wildman–Crippen LogP) is 1.24. The topological polar surface area (TPSA) is 52.6 Å². The molecule has 0 saturated carbocycles. The van der Waals surface area contributed by atoms with Gasteiger partial charge in [-0.25, -0.2) is 0 Å². The molecule has 1 aromatic heterocycles. The Morgan fingerprint density at radius 2 is 2.37 bits per heavy atom. The van der Waals surface area contributed by atoms with Crippen molar-refractivity contribution in [1.29, 1.82) is 0 Å². The highest BCUT2D eigenvalue weighted by Gasteiger charge is 2.22. The first-order chi connectivity index (χ1) is 9.11. The summed E-state index contributed by atoms with van der Waals surface area (Å²) in [7, 11) is 0. The van der Waals surface area contributed by atoms with Gasteiger partial charge in [0, 0.05) is 24.0 Å². The Kier molecular flexibility index (Phi) is 4.96. The quantitative estimate of drug-likeness (QED) is 0.854. The first-order valence-corrected chi connectivity index (χ1v) is 7.67. The molecule has 0 saturated heterocycles. The lowest BCUT2D eigenvalue weighted by Crippen LogP contribution is -2.46. The van der Waals surface area contributed by atoms with Crippen molar-refractivity contribution < 1.29 is 9.90 Å². The minimum absolute atomic E-state index is 0.00884. The molecule has 0 spiro atoms. The molecule has 1 aliphatic rings. The molecule has 0 bridgehead atoms. The van der Waals surface area contributed by atoms with Gasteiger partial charge in [0.15, 0.2) is 0 Å². The molecule has 106 valence electrons.